The number of amides is 4. The molecule has 0 aromatic carbocycles. The molecule has 0 saturated carbocycles. The van der Waals surface area contributed by atoms with Gasteiger partial charge in [0.25, 0.3) is 5.91 Å². The van der Waals surface area contributed by atoms with Crippen LogP contribution in [-0.4, -0.2) is 44.8 Å². The lowest BCUT2D eigenvalue weighted by atomic mass is 9.97. The molecule has 0 radical (unpaired) electrons. The van der Waals surface area contributed by atoms with Gasteiger partial charge in [0.1, 0.15) is 6.04 Å². The monoisotopic (exact) mass is 306 g/mol. The van der Waals surface area contributed by atoms with Crippen molar-refractivity contribution in [3.63, 3.8) is 0 Å². The van der Waals surface area contributed by atoms with Crippen molar-refractivity contribution in [2.45, 2.75) is 39.2 Å². The van der Waals surface area contributed by atoms with Crippen LogP contribution in [0.4, 0.5) is 0 Å². The third kappa shape index (κ3) is 2.72. The van der Waals surface area contributed by atoms with Gasteiger partial charge in [-0.2, -0.15) is 10.2 Å². The average Bonchev–Trinajstić information content (AvgIpc) is 2.51. The molecule has 22 heavy (non-hydrogen) atoms. The first-order valence-electron chi connectivity index (χ1n) is 7.07. The molecule has 2 aliphatic rings. The SMILES string of the molecule is CC.O=C1CCC(N2C(=O)Cc3cnncc3C2=O)C(=O)N1.[HH]. The maximum Gasteiger partial charge on any atom is 0.263 e. The van der Waals surface area contributed by atoms with Gasteiger partial charge in [0.05, 0.1) is 24.4 Å². The van der Waals surface area contributed by atoms with E-state index in [1.54, 1.807) is 0 Å². The topological polar surface area (TPSA) is 109 Å². The molecule has 1 atom stereocenters. The van der Waals surface area contributed by atoms with Crippen LogP contribution in [0.1, 0.15) is 44.0 Å². The highest BCUT2D eigenvalue weighted by Crippen LogP contribution is 2.23. The van der Waals surface area contributed by atoms with Gasteiger partial charge in [-0.15, -0.1) is 0 Å². The third-order valence-corrected chi connectivity index (χ3v) is 3.39. The van der Waals surface area contributed by atoms with Crippen molar-refractivity contribution in [3.8, 4) is 0 Å². The molecule has 2 aliphatic heterocycles. The summed E-state index contributed by atoms with van der Waals surface area (Å²) in [7, 11) is 0. The zero-order valence-corrected chi connectivity index (χ0v) is 12.3. The third-order valence-electron chi connectivity index (χ3n) is 3.39. The first-order valence-corrected chi connectivity index (χ1v) is 7.07. The number of piperidine rings is 1. The van der Waals surface area contributed by atoms with Crippen LogP contribution in [0.25, 0.3) is 0 Å². The summed E-state index contributed by atoms with van der Waals surface area (Å²) in [6, 6.07) is -0.936. The van der Waals surface area contributed by atoms with Crippen LogP contribution in [-0.2, 0) is 20.8 Å². The standard InChI is InChI=1S/C12H10N4O4.C2H6.H2/c17-9-2-1-8(11(19)15-9)16-10(18)3-6-4-13-14-5-7(6)12(16)20;1-2;/h4-5,8H,1-3H2,(H,15,17,19);1-2H3;1H. The smallest absolute Gasteiger partial charge is 0.263 e. The van der Waals surface area contributed by atoms with E-state index in [2.05, 4.69) is 15.5 Å². The van der Waals surface area contributed by atoms with Crippen molar-refractivity contribution < 1.29 is 20.6 Å². The van der Waals surface area contributed by atoms with E-state index < -0.39 is 29.7 Å². The number of nitrogens with one attached hydrogen (secondary N) is 1. The Morgan fingerprint density at radius 3 is 2.55 bits per heavy atom. The summed E-state index contributed by atoms with van der Waals surface area (Å²) in [5.74, 6) is -2.05. The minimum Gasteiger partial charge on any atom is -0.295 e. The Labute approximate surface area is 128 Å². The summed E-state index contributed by atoms with van der Waals surface area (Å²) >= 11 is 0. The molecule has 3 rings (SSSR count). The van der Waals surface area contributed by atoms with Gasteiger partial charge in [-0.25, -0.2) is 0 Å². The lowest BCUT2D eigenvalue weighted by Crippen LogP contribution is -2.58. The molecule has 1 unspecified atom stereocenters. The van der Waals surface area contributed by atoms with Crippen molar-refractivity contribution in [2.75, 3.05) is 0 Å². The molecule has 118 valence electrons. The highest BCUT2D eigenvalue weighted by atomic mass is 16.2. The van der Waals surface area contributed by atoms with Gasteiger partial charge in [-0.3, -0.25) is 29.4 Å². The van der Waals surface area contributed by atoms with E-state index in [4.69, 9.17) is 0 Å². The van der Waals surface area contributed by atoms with Crippen molar-refractivity contribution in [1.82, 2.24) is 20.4 Å². The minimum absolute atomic E-state index is 0. The second-order valence-corrected chi connectivity index (χ2v) is 4.64. The van der Waals surface area contributed by atoms with E-state index in [0.717, 1.165) is 4.90 Å². The first kappa shape index (κ1) is 15.7. The molecule has 1 fully saturated rings. The zero-order chi connectivity index (χ0) is 16.3. The van der Waals surface area contributed by atoms with Gasteiger partial charge in [0, 0.05) is 7.85 Å². The van der Waals surface area contributed by atoms with Crippen LogP contribution in [0.2, 0.25) is 0 Å². The summed E-state index contributed by atoms with van der Waals surface area (Å²) in [6.45, 7) is 4.00. The summed E-state index contributed by atoms with van der Waals surface area (Å²) < 4.78 is 0. The van der Waals surface area contributed by atoms with E-state index in [1.807, 2.05) is 13.8 Å². The predicted molar refractivity (Wildman–Crippen MR) is 76.5 cm³/mol. The fourth-order valence-corrected chi connectivity index (χ4v) is 2.41. The second-order valence-electron chi connectivity index (χ2n) is 4.64. The maximum atomic E-state index is 12.3. The van der Waals surface area contributed by atoms with Crippen molar-refractivity contribution in [3.05, 3.63) is 23.5 Å². The molecule has 0 bridgehead atoms. The number of hydrogen-bond donors (Lipinski definition) is 1. The van der Waals surface area contributed by atoms with Crippen LogP contribution < -0.4 is 5.32 Å². The molecule has 1 aromatic rings. The van der Waals surface area contributed by atoms with Crippen molar-refractivity contribution in [1.29, 1.82) is 0 Å². The lowest BCUT2D eigenvalue weighted by molar-refractivity contribution is -0.143. The summed E-state index contributed by atoms with van der Waals surface area (Å²) in [5, 5.41) is 9.39. The molecular weight excluding hydrogens is 288 g/mol. The summed E-state index contributed by atoms with van der Waals surface area (Å²) in [4.78, 5) is 48.3. The lowest BCUT2D eigenvalue weighted by Gasteiger charge is -2.34. The van der Waals surface area contributed by atoms with E-state index >= 15 is 0 Å². The van der Waals surface area contributed by atoms with Crippen molar-refractivity contribution >= 4 is 23.6 Å². The van der Waals surface area contributed by atoms with Gasteiger partial charge in [0.2, 0.25) is 17.7 Å². The number of carbonyl (C=O) groups is 4. The minimum atomic E-state index is -0.936. The van der Waals surface area contributed by atoms with E-state index in [0.29, 0.717) is 5.56 Å². The Morgan fingerprint density at radius 1 is 1.18 bits per heavy atom. The van der Waals surface area contributed by atoms with Gasteiger partial charge in [-0.1, -0.05) is 13.8 Å². The number of carbonyl (C=O) groups excluding carboxylic acids is 4. The fraction of sp³-hybridized carbons (Fsp3) is 0.429. The molecule has 1 saturated heterocycles. The van der Waals surface area contributed by atoms with E-state index in [-0.39, 0.29) is 26.3 Å². The number of hydrogen-bond acceptors (Lipinski definition) is 6. The largest absolute Gasteiger partial charge is 0.295 e. The van der Waals surface area contributed by atoms with Crippen LogP contribution in [0.5, 0.6) is 0 Å². The van der Waals surface area contributed by atoms with Crippen molar-refractivity contribution in [2.24, 2.45) is 0 Å². The molecule has 8 heteroatoms. The van der Waals surface area contributed by atoms with E-state index in [9.17, 15) is 19.2 Å². The van der Waals surface area contributed by atoms with Crippen LogP contribution in [0.15, 0.2) is 12.4 Å². The molecule has 1 N–H and O–H groups in total. The number of aromatic nitrogens is 2. The quantitative estimate of drug-likeness (QED) is 0.736. The Kier molecular flexibility index (Phi) is 4.59. The number of fused-ring (bicyclic) bond motifs is 1. The normalized spacial score (nSPS) is 20.8. The molecule has 3 heterocycles. The molecular formula is C14H18N4O4. The number of rotatable bonds is 1. The number of nitrogens with zero attached hydrogens (tertiary/aromatic N) is 3. The van der Waals surface area contributed by atoms with Crippen LogP contribution >= 0.6 is 0 Å². The first-order chi connectivity index (χ1) is 10.6. The second kappa shape index (κ2) is 6.42. The Morgan fingerprint density at radius 2 is 1.86 bits per heavy atom. The highest BCUT2D eigenvalue weighted by Gasteiger charge is 2.41. The maximum absolute atomic E-state index is 12.3. The number of imide groups is 2. The Bertz CT molecular complexity index is 649. The molecule has 4 amide bonds. The molecule has 8 nitrogen and oxygen atoms in total. The zero-order valence-electron chi connectivity index (χ0n) is 12.3. The van der Waals surface area contributed by atoms with Crippen LogP contribution in [0, 0.1) is 0 Å². The average molecular weight is 306 g/mol. The van der Waals surface area contributed by atoms with Gasteiger partial charge < -0.3 is 0 Å². The van der Waals surface area contributed by atoms with E-state index in [1.165, 1.54) is 12.4 Å². The van der Waals surface area contributed by atoms with Gasteiger partial charge >= 0.3 is 0 Å². The van der Waals surface area contributed by atoms with Crippen LogP contribution in [0.3, 0.4) is 0 Å². The van der Waals surface area contributed by atoms with Gasteiger partial charge in [-0.05, 0) is 12.0 Å². The highest BCUT2D eigenvalue weighted by molar-refractivity contribution is 6.13. The molecule has 1 aromatic heterocycles. The summed E-state index contributed by atoms with van der Waals surface area (Å²) in [6.07, 6.45) is 2.90. The molecule has 0 spiro atoms. The summed E-state index contributed by atoms with van der Waals surface area (Å²) in [5.41, 5.74) is 0.767. The Balaban J connectivity index is 0.000000849. The molecule has 0 aliphatic carbocycles. The Hall–Kier alpha value is -2.64. The fourth-order valence-electron chi connectivity index (χ4n) is 2.41. The van der Waals surface area contributed by atoms with Gasteiger partial charge in [0.15, 0.2) is 0 Å². The predicted octanol–water partition coefficient (Wildman–Crippen LogP) is 0.0789.